The van der Waals surface area contributed by atoms with Gasteiger partial charge in [-0.3, -0.25) is 4.79 Å². The summed E-state index contributed by atoms with van der Waals surface area (Å²) in [6, 6.07) is 0. The van der Waals surface area contributed by atoms with Gasteiger partial charge in [-0.1, -0.05) is 0 Å². The molecule has 0 aliphatic carbocycles. The van der Waals surface area contributed by atoms with Gasteiger partial charge in [-0.25, -0.2) is 5.10 Å². The van der Waals surface area contributed by atoms with Crippen LogP contribution in [0, 0.1) is 11.8 Å². The fraction of sp³-hybridized carbons (Fsp3) is 0.556. The normalized spacial score (nSPS) is 16.8. The molecular formula is C9H11F2N3O. The summed E-state index contributed by atoms with van der Waals surface area (Å²) >= 11 is 0. The maximum absolute atomic E-state index is 13.3. The van der Waals surface area contributed by atoms with Gasteiger partial charge in [-0.05, 0) is 19.3 Å². The topological polar surface area (TPSA) is 49.0 Å². The number of hydrogen-bond acceptors (Lipinski definition) is 3. The average molecular weight is 215 g/mol. The third kappa shape index (κ3) is 1.84. The van der Waals surface area contributed by atoms with E-state index in [-0.39, 0.29) is 5.69 Å². The van der Waals surface area contributed by atoms with E-state index in [9.17, 15) is 13.6 Å². The lowest BCUT2D eigenvalue weighted by Crippen LogP contribution is -2.35. The number of aromatic nitrogens is 2. The van der Waals surface area contributed by atoms with Crippen LogP contribution < -0.4 is 10.5 Å². The monoisotopic (exact) mass is 215 g/mol. The van der Waals surface area contributed by atoms with Gasteiger partial charge in [0.05, 0.1) is 0 Å². The first-order chi connectivity index (χ1) is 7.20. The molecule has 1 N–H and O–H groups in total. The van der Waals surface area contributed by atoms with E-state index in [1.165, 1.54) is 0 Å². The molecule has 2 heterocycles. The summed E-state index contributed by atoms with van der Waals surface area (Å²) in [5.74, 6) is -2.41. The Balaban J connectivity index is 2.41. The van der Waals surface area contributed by atoms with Gasteiger partial charge in [0.25, 0.3) is 11.5 Å². The van der Waals surface area contributed by atoms with Crippen molar-refractivity contribution in [3.63, 3.8) is 0 Å². The molecule has 1 aliphatic heterocycles. The lowest BCUT2D eigenvalue weighted by Gasteiger charge is -2.27. The van der Waals surface area contributed by atoms with Crippen LogP contribution >= 0.6 is 0 Å². The molecular weight excluding hydrogens is 204 g/mol. The molecule has 0 unspecified atom stereocenters. The van der Waals surface area contributed by atoms with Crippen molar-refractivity contribution in [3.05, 3.63) is 22.1 Å². The zero-order chi connectivity index (χ0) is 10.8. The van der Waals surface area contributed by atoms with E-state index < -0.39 is 17.3 Å². The van der Waals surface area contributed by atoms with Gasteiger partial charge >= 0.3 is 0 Å². The van der Waals surface area contributed by atoms with Crippen molar-refractivity contribution in [1.82, 2.24) is 10.2 Å². The second kappa shape index (κ2) is 3.96. The lowest BCUT2D eigenvalue weighted by atomic mass is 10.1. The van der Waals surface area contributed by atoms with Crippen molar-refractivity contribution in [3.8, 4) is 0 Å². The molecule has 0 amide bonds. The summed E-state index contributed by atoms with van der Waals surface area (Å²) in [6.45, 7) is 1.17. The molecule has 0 saturated carbocycles. The first-order valence-corrected chi connectivity index (χ1v) is 4.89. The van der Waals surface area contributed by atoms with Crippen molar-refractivity contribution in [2.75, 3.05) is 18.0 Å². The van der Waals surface area contributed by atoms with Crippen molar-refractivity contribution < 1.29 is 8.78 Å². The molecule has 0 radical (unpaired) electrons. The number of piperidine rings is 1. The summed E-state index contributed by atoms with van der Waals surface area (Å²) in [5.41, 5.74) is -0.891. The zero-order valence-corrected chi connectivity index (χ0v) is 8.09. The number of hydrogen-bond donors (Lipinski definition) is 1. The molecule has 0 atom stereocenters. The van der Waals surface area contributed by atoms with Crippen LogP contribution in [0.15, 0.2) is 4.79 Å². The first-order valence-electron chi connectivity index (χ1n) is 4.89. The standard InChI is InChI=1S/C9H11F2N3O/c10-6-7(9(15)13-12-8(6)11)14-4-2-1-3-5-14/h1-5H2,(H,13,15). The molecule has 1 saturated heterocycles. The predicted molar refractivity (Wildman–Crippen MR) is 50.8 cm³/mol. The smallest absolute Gasteiger partial charge is 0.290 e. The summed E-state index contributed by atoms with van der Waals surface area (Å²) in [7, 11) is 0. The van der Waals surface area contributed by atoms with E-state index in [1.54, 1.807) is 4.90 Å². The average Bonchev–Trinajstić information content (AvgIpc) is 2.26. The minimum Gasteiger partial charge on any atom is -0.365 e. The van der Waals surface area contributed by atoms with Crippen LogP contribution in [0.4, 0.5) is 14.5 Å². The van der Waals surface area contributed by atoms with E-state index in [1.807, 2.05) is 5.10 Å². The quantitative estimate of drug-likeness (QED) is 0.761. The van der Waals surface area contributed by atoms with Gasteiger partial charge in [-0.15, -0.1) is 5.10 Å². The van der Waals surface area contributed by atoms with Gasteiger partial charge in [-0.2, -0.15) is 8.78 Å². The highest BCUT2D eigenvalue weighted by Gasteiger charge is 2.21. The minimum absolute atomic E-state index is 0.220. The predicted octanol–water partition coefficient (Wildman–Crippen LogP) is 1.04. The summed E-state index contributed by atoms with van der Waals surface area (Å²) in [4.78, 5) is 12.9. The van der Waals surface area contributed by atoms with E-state index in [2.05, 4.69) is 5.10 Å². The van der Waals surface area contributed by atoms with E-state index in [4.69, 9.17) is 0 Å². The highest BCUT2D eigenvalue weighted by atomic mass is 19.2. The Kier molecular flexibility index (Phi) is 2.66. The van der Waals surface area contributed by atoms with Crippen LogP contribution in [-0.4, -0.2) is 23.3 Å². The number of H-pyrrole nitrogens is 1. The van der Waals surface area contributed by atoms with Crippen LogP contribution in [0.5, 0.6) is 0 Å². The molecule has 0 spiro atoms. The number of halogens is 2. The Morgan fingerprint density at radius 1 is 1.20 bits per heavy atom. The number of anilines is 1. The third-order valence-corrected chi connectivity index (χ3v) is 2.53. The molecule has 2 rings (SSSR count). The molecule has 15 heavy (non-hydrogen) atoms. The molecule has 0 aromatic carbocycles. The molecule has 1 aromatic rings. The second-order valence-corrected chi connectivity index (χ2v) is 3.55. The Bertz CT molecular complexity index is 412. The second-order valence-electron chi connectivity index (χ2n) is 3.55. The van der Waals surface area contributed by atoms with E-state index >= 15 is 0 Å². The molecule has 1 aliphatic rings. The summed E-state index contributed by atoms with van der Waals surface area (Å²) < 4.78 is 26.2. The van der Waals surface area contributed by atoms with Crippen LogP contribution in [0.2, 0.25) is 0 Å². The SMILES string of the molecule is O=c1[nH]nc(F)c(F)c1N1CCCCC1. The maximum Gasteiger partial charge on any atom is 0.290 e. The van der Waals surface area contributed by atoms with E-state index in [0.717, 1.165) is 19.3 Å². The van der Waals surface area contributed by atoms with E-state index in [0.29, 0.717) is 13.1 Å². The minimum atomic E-state index is -1.25. The molecule has 1 fully saturated rings. The number of rotatable bonds is 1. The van der Waals surface area contributed by atoms with Crippen LogP contribution in [-0.2, 0) is 0 Å². The highest BCUT2D eigenvalue weighted by Crippen LogP contribution is 2.19. The van der Waals surface area contributed by atoms with Crippen molar-refractivity contribution >= 4 is 5.69 Å². The molecule has 0 bridgehead atoms. The molecule has 1 aromatic heterocycles. The Morgan fingerprint density at radius 3 is 2.53 bits per heavy atom. The number of aromatic amines is 1. The van der Waals surface area contributed by atoms with Gasteiger partial charge < -0.3 is 4.90 Å². The molecule has 6 heteroatoms. The lowest BCUT2D eigenvalue weighted by molar-refractivity contribution is 0.456. The Labute approximate surface area is 84.9 Å². The number of nitrogens with zero attached hydrogens (tertiary/aromatic N) is 2. The fourth-order valence-corrected chi connectivity index (χ4v) is 1.80. The fourth-order valence-electron chi connectivity index (χ4n) is 1.80. The number of nitrogens with one attached hydrogen (secondary N) is 1. The van der Waals surface area contributed by atoms with Crippen LogP contribution in [0.3, 0.4) is 0 Å². The molecule has 4 nitrogen and oxygen atoms in total. The highest BCUT2D eigenvalue weighted by molar-refractivity contribution is 5.45. The third-order valence-electron chi connectivity index (χ3n) is 2.53. The summed E-state index contributed by atoms with van der Waals surface area (Å²) in [5, 5.41) is 4.87. The van der Waals surface area contributed by atoms with Crippen molar-refractivity contribution in [1.29, 1.82) is 0 Å². The van der Waals surface area contributed by atoms with Gasteiger partial charge in [0.1, 0.15) is 5.69 Å². The zero-order valence-electron chi connectivity index (χ0n) is 8.09. The largest absolute Gasteiger partial charge is 0.365 e. The Hall–Kier alpha value is -1.46. The molecule has 82 valence electrons. The Morgan fingerprint density at radius 2 is 1.87 bits per heavy atom. The van der Waals surface area contributed by atoms with Gasteiger partial charge in [0.2, 0.25) is 5.82 Å². The summed E-state index contributed by atoms with van der Waals surface area (Å²) in [6.07, 6.45) is 2.84. The van der Waals surface area contributed by atoms with Crippen LogP contribution in [0.25, 0.3) is 0 Å². The first kappa shape index (κ1) is 10.1. The van der Waals surface area contributed by atoms with Crippen molar-refractivity contribution in [2.45, 2.75) is 19.3 Å². The van der Waals surface area contributed by atoms with Crippen molar-refractivity contribution in [2.24, 2.45) is 0 Å². The van der Waals surface area contributed by atoms with Gasteiger partial charge in [0, 0.05) is 13.1 Å². The maximum atomic E-state index is 13.3. The van der Waals surface area contributed by atoms with Gasteiger partial charge in [0.15, 0.2) is 0 Å². The van der Waals surface area contributed by atoms with Crippen LogP contribution in [0.1, 0.15) is 19.3 Å².